The predicted molar refractivity (Wildman–Crippen MR) is 109 cm³/mol. The molecule has 31 heavy (non-hydrogen) atoms. The predicted octanol–water partition coefficient (Wildman–Crippen LogP) is 3.74. The van der Waals surface area contributed by atoms with Crippen molar-refractivity contribution in [1.29, 1.82) is 0 Å². The van der Waals surface area contributed by atoms with Gasteiger partial charge in [-0.2, -0.15) is 0 Å². The number of hydrogen-bond donors (Lipinski definition) is 0. The molecule has 1 aliphatic rings. The maximum absolute atomic E-state index is 13.0. The maximum Gasteiger partial charge on any atom is 0.345 e. The van der Waals surface area contributed by atoms with Crippen molar-refractivity contribution in [2.24, 2.45) is 0 Å². The fraction of sp³-hybridized carbons (Fsp3) is 0.0870. The van der Waals surface area contributed by atoms with Crippen molar-refractivity contribution in [2.75, 3.05) is 7.11 Å². The van der Waals surface area contributed by atoms with Gasteiger partial charge in [-0.15, -0.1) is 0 Å². The van der Waals surface area contributed by atoms with Crippen molar-refractivity contribution in [2.45, 2.75) is 6.61 Å². The van der Waals surface area contributed by atoms with Gasteiger partial charge in [-0.25, -0.2) is 4.79 Å². The van der Waals surface area contributed by atoms with Crippen LogP contribution in [0, 0.1) is 10.1 Å². The highest BCUT2D eigenvalue weighted by molar-refractivity contribution is 6.30. The zero-order valence-corrected chi connectivity index (χ0v) is 16.3. The number of fused-ring (bicyclic) bond motifs is 2. The molecule has 0 bridgehead atoms. The van der Waals surface area contributed by atoms with E-state index >= 15 is 0 Å². The lowest BCUT2D eigenvalue weighted by Gasteiger charge is -2.18. The number of esters is 1. The van der Waals surface area contributed by atoms with E-state index in [1.54, 1.807) is 36.4 Å². The van der Waals surface area contributed by atoms with Gasteiger partial charge < -0.3 is 9.47 Å². The van der Waals surface area contributed by atoms with Crippen molar-refractivity contribution in [3.05, 3.63) is 104 Å². The molecule has 0 atom stereocenters. The van der Waals surface area contributed by atoms with E-state index in [0.29, 0.717) is 11.3 Å². The molecule has 8 nitrogen and oxygen atoms in total. The summed E-state index contributed by atoms with van der Waals surface area (Å²) in [6.45, 7) is -0.132. The first-order valence-corrected chi connectivity index (χ1v) is 9.22. The molecule has 3 aromatic rings. The number of hydrogen-bond acceptors (Lipinski definition) is 7. The van der Waals surface area contributed by atoms with Crippen LogP contribution in [0.5, 0.6) is 5.75 Å². The smallest absolute Gasteiger partial charge is 0.345 e. The molecule has 4 rings (SSSR count). The molecule has 8 heteroatoms. The topological polar surface area (TPSA) is 113 Å². The molecule has 0 N–H and O–H groups in total. The molecule has 0 spiro atoms. The quantitative estimate of drug-likeness (QED) is 0.276. The number of rotatable bonds is 5. The van der Waals surface area contributed by atoms with E-state index in [1.807, 2.05) is 0 Å². The summed E-state index contributed by atoms with van der Waals surface area (Å²) >= 11 is 0. The van der Waals surface area contributed by atoms with E-state index in [-0.39, 0.29) is 23.3 Å². The van der Waals surface area contributed by atoms with Crippen LogP contribution >= 0.6 is 0 Å². The van der Waals surface area contributed by atoms with Crippen LogP contribution in [0.1, 0.15) is 47.8 Å². The average molecular weight is 417 g/mol. The van der Waals surface area contributed by atoms with Gasteiger partial charge >= 0.3 is 5.97 Å². The molecule has 0 saturated carbocycles. The fourth-order valence-corrected chi connectivity index (χ4v) is 3.47. The summed E-state index contributed by atoms with van der Waals surface area (Å²) in [4.78, 5) is 49.4. The number of nitro groups is 1. The highest BCUT2D eigenvalue weighted by Crippen LogP contribution is 2.35. The van der Waals surface area contributed by atoms with Gasteiger partial charge in [0.25, 0.3) is 5.69 Å². The number of nitrogens with zero attached hydrogens (tertiary/aromatic N) is 1. The van der Waals surface area contributed by atoms with E-state index in [9.17, 15) is 24.5 Å². The molecule has 0 fully saturated rings. The SMILES string of the molecule is COc1ccc(COC(=O)c2ccc3c(c2[N+](=O)[O-])C(=O)c2ccccc2C3=O)cc1. The first-order valence-electron chi connectivity index (χ1n) is 9.22. The van der Waals surface area contributed by atoms with Crippen molar-refractivity contribution in [3.8, 4) is 5.75 Å². The summed E-state index contributed by atoms with van der Waals surface area (Å²) in [5.41, 5.74) is -0.747. The van der Waals surface area contributed by atoms with E-state index in [0.717, 1.165) is 6.07 Å². The van der Waals surface area contributed by atoms with Gasteiger partial charge in [0, 0.05) is 16.7 Å². The van der Waals surface area contributed by atoms with Crippen LogP contribution in [0.3, 0.4) is 0 Å². The molecule has 0 amide bonds. The summed E-state index contributed by atoms with van der Waals surface area (Å²) in [7, 11) is 1.52. The number of benzene rings is 3. The molecule has 154 valence electrons. The molecule has 0 heterocycles. The Morgan fingerprint density at radius 2 is 1.55 bits per heavy atom. The molecule has 0 aliphatic heterocycles. The summed E-state index contributed by atoms with van der Waals surface area (Å²) < 4.78 is 10.3. The molecule has 1 aliphatic carbocycles. The number of nitro benzene ring substituents is 1. The molecule has 3 aromatic carbocycles. The Bertz CT molecular complexity index is 1250. The van der Waals surface area contributed by atoms with Crippen LogP contribution in [-0.2, 0) is 11.3 Å². The third kappa shape index (κ3) is 3.44. The number of ketones is 2. The lowest BCUT2D eigenvalue weighted by Crippen LogP contribution is -2.23. The number of carbonyl (C=O) groups excluding carboxylic acids is 3. The minimum atomic E-state index is -0.968. The second kappa shape index (κ2) is 7.83. The summed E-state index contributed by atoms with van der Waals surface area (Å²) in [5, 5.41) is 11.8. The number of carbonyl (C=O) groups is 3. The third-order valence-electron chi connectivity index (χ3n) is 5.00. The maximum atomic E-state index is 13.0. The minimum Gasteiger partial charge on any atom is -0.497 e. The average Bonchev–Trinajstić information content (AvgIpc) is 2.80. The monoisotopic (exact) mass is 417 g/mol. The third-order valence-corrected chi connectivity index (χ3v) is 5.00. The Hall–Kier alpha value is -4.33. The van der Waals surface area contributed by atoms with Gasteiger partial charge in [-0.05, 0) is 29.8 Å². The second-order valence-corrected chi connectivity index (χ2v) is 6.77. The molecule has 0 saturated heterocycles. The van der Waals surface area contributed by atoms with Crippen LogP contribution in [-0.4, -0.2) is 29.6 Å². The van der Waals surface area contributed by atoms with Crippen LogP contribution in [0.4, 0.5) is 5.69 Å². The largest absolute Gasteiger partial charge is 0.497 e. The Labute approximate surface area is 176 Å². The lowest BCUT2D eigenvalue weighted by molar-refractivity contribution is -0.385. The molecule has 0 unspecified atom stereocenters. The van der Waals surface area contributed by atoms with Crippen molar-refractivity contribution < 1.29 is 28.8 Å². The van der Waals surface area contributed by atoms with Gasteiger partial charge in [0.2, 0.25) is 5.78 Å². The summed E-state index contributed by atoms with van der Waals surface area (Å²) in [6, 6.07) is 15.2. The number of methoxy groups -OCH3 is 1. The first-order chi connectivity index (χ1) is 14.9. The van der Waals surface area contributed by atoms with E-state index in [2.05, 4.69) is 0 Å². The van der Waals surface area contributed by atoms with Crippen molar-refractivity contribution >= 4 is 23.2 Å². The Balaban J connectivity index is 1.71. The minimum absolute atomic E-state index is 0.0619. The van der Waals surface area contributed by atoms with Gasteiger partial charge in [-0.1, -0.05) is 36.4 Å². The van der Waals surface area contributed by atoms with Crippen LogP contribution in [0.15, 0.2) is 60.7 Å². The standard InChI is InChI=1S/C23H15NO7/c1-30-14-8-6-13(7-9-14)12-31-23(27)18-11-10-17-19(20(18)24(28)29)22(26)16-5-3-2-4-15(16)21(17)25/h2-11H,12H2,1H3. The molecular formula is C23H15NO7. The van der Waals surface area contributed by atoms with E-state index in [1.165, 1.54) is 25.3 Å². The van der Waals surface area contributed by atoms with Crippen LogP contribution in [0.2, 0.25) is 0 Å². The normalized spacial score (nSPS) is 12.0. The van der Waals surface area contributed by atoms with Crippen molar-refractivity contribution in [1.82, 2.24) is 0 Å². The van der Waals surface area contributed by atoms with Crippen LogP contribution < -0.4 is 4.74 Å². The number of ether oxygens (including phenoxy) is 2. The van der Waals surface area contributed by atoms with Gasteiger partial charge in [0.05, 0.1) is 12.0 Å². The molecule has 0 radical (unpaired) electrons. The summed E-state index contributed by atoms with van der Waals surface area (Å²) in [5.74, 6) is -1.53. The van der Waals surface area contributed by atoms with Crippen molar-refractivity contribution in [3.63, 3.8) is 0 Å². The fourth-order valence-electron chi connectivity index (χ4n) is 3.47. The highest BCUT2D eigenvalue weighted by Gasteiger charge is 2.38. The van der Waals surface area contributed by atoms with Gasteiger partial charge in [0.1, 0.15) is 23.5 Å². The van der Waals surface area contributed by atoms with E-state index in [4.69, 9.17) is 9.47 Å². The Morgan fingerprint density at radius 1 is 0.903 bits per heavy atom. The zero-order chi connectivity index (χ0) is 22.1. The molecule has 0 aromatic heterocycles. The highest BCUT2D eigenvalue weighted by atomic mass is 16.6. The van der Waals surface area contributed by atoms with Crippen LogP contribution in [0.25, 0.3) is 0 Å². The zero-order valence-electron chi connectivity index (χ0n) is 16.3. The second-order valence-electron chi connectivity index (χ2n) is 6.77. The first kappa shape index (κ1) is 20.0. The Kier molecular flexibility index (Phi) is 5.04. The lowest BCUT2D eigenvalue weighted by atomic mass is 9.82. The van der Waals surface area contributed by atoms with Gasteiger partial charge in [0.15, 0.2) is 5.78 Å². The van der Waals surface area contributed by atoms with E-state index < -0.39 is 39.3 Å². The Morgan fingerprint density at radius 3 is 2.16 bits per heavy atom. The molecular weight excluding hydrogens is 402 g/mol. The van der Waals surface area contributed by atoms with Gasteiger partial charge in [-0.3, -0.25) is 19.7 Å². The summed E-state index contributed by atoms with van der Waals surface area (Å²) in [6.07, 6.45) is 0.